The maximum absolute atomic E-state index is 12.0. The molecule has 2 aliphatic rings. The normalized spacial score (nSPS) is 25.4. The van der Waals surface area contributed by atoms with Gasteiger partial charge >= 0.3 is 6.03 Å². The zero-order valence-corrected chi connectivity index (χ0v) is 14.9. The van der Waals surface area contributed by atoms with E-state index in [1.165, 1.54) is 0 Å². The molecule has 0 bridgehead atoms. The number of nitrogens with zero attached hydrogens (tertiary/aromatic N) is 1. The fourth-order valence-corrected chi connectivity index (χ4v) is 4.57. The van der Waals surface area contributed by atoms with E-state index in [9.17, 15) is 18.0 Å². The second kappa shape index (κ2) is 6.67. The molecule has 0 aromatic rings. The Bertz CT molecular complexity index is 554. The average molecular weight is 345 g/mol. The molecule has 2 N–H and O–H groups in total. The van der Waals surface area contributed by atoms with Gasteiger partial charge in [-0.15, -0.1) is 0 Å². The smallest absolute Gasteiger partial charge is 0.315 e. The van der Waals surface area contributed by atoms with Gasteiger partial charge in [-0.2, -0.15) is 0 Å². The molecule has 1 atom stereocenters. The van der Waals surface area contributed by atoms with Gasteiger partial charge in [-0.05, 0) is 33.6 Å². The van der Waals surface area contributed by atoms with E-state index in [1.54, 1.807) is 0 Å². The predicted octanol–water partition coefficient (Wildman–Crippen LogP) is 0.510. The van der Waals surface area contributed by atoms with Crippen molar-refractivity contribution in [2.24, 2.45) is 5.92 Å². The van der Waals surface area contributed by atoms with Crippen molar-refractivity contribution in [1.29, 1.82) is 0 Å². The van der Waals surface area contributed by atoms with Crippen molar-refractivity contribution < 1.29 is 18.0 Å². The summed E-state index contributed by atoms with van der Waals surface area (Å²) in [7, 11) is -2.92. The van der Waals surface area contributed by atoms with E-state index in [4.69, 9.17) is 0 Å². The van der Waals surface area contributed by atoms with Crippen LogP contribution in [0.3, 0.4) is 0 Å². The van der Waals surface area contributed by atoms with Gasteiger partial charge in [0.05, 0.1) is 11.5 Å². The molecular formula is C15H27N3O4S. The maximum atomic E-state index is 12.0. The summed E-state index contributed by atoms with van der Waals surface area (Å²) < 4.78 is 22.7. The Morgan fingerprint density at radius 3 is 2.39 bits per heavy atom. The highest BCUT2D eigenvalue weighted by molar-refractivity contribution is 7.91. The monoisotopic (exact) mass is 345 g/mol. The first-order valence-corrected chi connectivity index (χ1v) is 9.94. The molecule has 0 spiro atoms. The Balaban J connectivity index is 1.72. The topological polar surface area (TPSA) is 95.6 Å². The minimum atomic E-state index is -2.92. The van der Waals surface area contributed by atoms with Crippen LogP contribution in [0.15, 0.2) is 0 Å². The highest BCUT2D eigenvalue weighted by Gasteiger charge is 2.36. The van der Waals surface area contributed by atoms with E-state index in [0.29, 0.717) is 32.4 Å². The van der Waals surface area contributed by atoms with Gasteiger partial charge in [0.1, 0.15) is 9.84 Å². The number of urea groups is 1. The number of sulfone groups is 1. The number of carbonyl (C=O) groups excluding carboxylic acids is 2. The van der Waals surface area contributed by atoms with Crippen molar-refractivity contribution in [3.63, 3.8) is 0 Å². The minimum absolute atomic E-state index is 0.0881. The maximum Gasteiger partial charge on any atom is 0.315 e. The Labute approximate surface area is 138 Å². The first-order chi connectivity index (χ1) is 10.6. The zero-order chi connectivity index (χ0) is 17.3. The summed E-state index contributed by atoms with van der Waals surface area (Å²) in [4.78, 5) is 25.8. The molecule has 2 heterocycles. The van der Waals surface area contributed by atoms with Gasteiger partial charge in [0.2, 0.25) is 5.91 Å². The molecule has 0 radical (unpaired) electrons. The lowest BCUT2D eigenvalue weighted by molar-refractivity contribution is -0.131. The third kappa shape index (κ3) is 5.09. The van der Waals surface area contributed by atoms with Crippen molar-refractivity contribution in [3.05, 3.63) is 0 Å². The second-order valence-corrected chi connectivity index (χ2v) is 9.83. The molecule has 0 saturated carbocycles. The fraction of sp³-hybridized carbons (Fsp3) is 0.867. The molecule has 3 amide bonds. The summed E-state index contributed by atoms with van der Waals surface area (Å²) >= 11 is 0. The molecule has 0 aliphatic carbocycles. The summed E-state index contributed by atoms with van der Waals surface area (Å²) in [6.45, 7) is 7.12. The number of likely N-dealkylation sites (tertiary alicyclic amines) is 1. The van der Waals surface area contributed by atoms with Crippen molar-refractivity contribution in [1.82, 2.24) is 15.5 Å². The Morgan fingerprint density at radius 1 is 1.26 bits per heavy atom. The molecule has 2 saturated heterocycles. The highest BCUT2D eigenvalue weighted by Crippen LogP contribution is 2.25. The first-order valence-electron chi connectivity index (χ1n) is 8.12. The third-order valence-electron chi connectivity index (χ3n) is 4.46. The lowest BCUT2D eigenvalue weighted by Crippen LogP contribution is -2.47. The number of nitrogens with one attached hydrogen (secondary N) is 2. The number of hydrogen-bond donors (Lipinski definition) is 2. The molecule has 2 rings (SSSR count). The Morgan fingerprint density at radius 2 is 1.87 bits per heavy atom. The van der Waals surface area contributed by atoms with Crippen LogP contribution in [0.4, 0.5) is 4.79 Å². The molecule has 0 aromatic carbocycles. The first kappa shape index (κ1) is 18.0. The number of carbonyl (C=O) groups is 2. The van der Waals surface area contributed by atoms with Crippen LogP contribution in [-0.2, 0) is 14.6 Å². The Kier molecular flexibility index (Phi) is 5.23. The van der Waals surface area contributed by atoms with Crippen LogP contribution in [0.5, 0.6) is 0 Å². The lowest BCUT2D eigenvalue weighted by atomic mass is 10.1. The van der Waals surface area contributed by atoms with Crippen LogP contribution in [0.1, 0.15) is 40.0 Å². The standard InChI is InChI=1S/C15H27N3O4S/c1-15(2,3)18-10-11(8-13(18)19)9-16-14(20)17-12-4-6-23(21,22)7-5-12/h11-12H,4-10H2,1-3H3,(H2,16,17,20). The minimum Gasteiger partial charge on any atom is -0.338 e. The van der Waals surface area contributed by atoms with Gasteiger partial charge in [-0.3, -0.25) is 4.79 Å². The Hall–Kier alpha value is -1.31. The van der Waals surface area contributed by atoms with Crippen LogP contribution < -0.4 is 10.6 Å². The largest absolute Gasteiger partial charge is 0.338 e. The molecule has 8 heteroatoms. The highest BCUT2D eigenvalue weighted by atomic mass is 32.2. The van der Waals surface area contributed by atoms with Gasteiger partial charge in [0.25, 0.3) is 0 Å². The fourth-order valence-electron chi connectivity index (χ4n) is 3.07. The van der Waals surface area contributed by atoms with Crippen molar-refractivity contribution in [2.45, 2.75) is 51.6 Å². The average Bonchev–Trinajstić information content (AvgIpc) is 2.80. The molecular weight excluding hydrogens is 318 g/mol. The summed E-state index contributed by atoms with van der Waals surface area (Å²) in [6, 6.07) is -0.370. The zero-order valence-electron chi connectivity index (χ0n) is 14.1. The van der Waals surface area contributed by atoms with E-state index in [0.717, 1.165) is 0 Å². The van der Waals surface area contributed by atoms with Crippen molar-refractivity contribution in [2.75, 3.05) is 24.6 Å². The van der Waals surface area contributed by atoms with Crippen LogP contribution in [-0.4, -0.2) is 61.4 Å². The third-order valence-corrected chi connectivity index (χ3v) is 6.17. The van der Waals surface area contributed by atoms with Crippen molar-refractivity contribution in [3.8, 4) is 0 Å². The van der Waals surface area contributed by atoms with Gasteiger partial charge in [0, 0.05) is 37.0 Å². The van der Waals surface area contributed by atoms with Crippen molar-refractivity contribution >= 4 is 21.8 Å². The predicted molar refractivity (Wildman–Crippen MR) is 87.8 cm³/mol. The van der Waals surface area contributed by atoms with Gasteiger partial charge < -0.3 is 15.5 Å². The molecule has 2 aliphatic heterocycles. The SMILES string of the molecule is CC(C)(C)N1CC(CNC(=O)NC2CCS(=O)(=O)CC2)CC1=O. The summed E-state index contributed by atoms with van der Waals surface area (Å²) in [5.74, 6) is 0.520. The van der Waals surface area contributed by atoms with Crippen LogP contribution >= 0.6 is 0 Å². The lowest BCUT2D eigenvalue weighted by Gasteiger charge is -2.32. The molecule has 7 nitrogen and oxygen atoms in total. The second-order valence-electron chi connectivity index (χ2n) is 7.53. The molecule has 0 aromatic heterocycles. The van der Waals surface area contributed by atoms with Gasteiger partial charge in [0.15, 0.2) is 0 Å². The quantitative estimate of drug-likeness (QED) is 0.779. The van der Waals surface area contributed by atoms with E-state index in [1.807, 2.05) is 25.7 Å². The molecule has 2 fully saturated rings. The molecule has 1 unspecified atom stereocenters. The van der Waals surface area contributed by atoms with E-state index < -0.39 is 9.84 Å². The number of amides is 3. The molecule has 132 valence electrons. The van der Waals surface area contributed by atoms with Crippen LogP contribution in [0.25, 0.3) is 0 Å². The van der Waals surface area contributed by atoms with Gasteiger partial charge in [-0.25, -0.2) is 13.2 Å². The molecule has 23 heavy (non-hydrogen) atoms. The van der Waals surface area contributed by atoms with E-state index in [-0.39, 0.29) is 40.9 Å². The van der Waals surface area contributed by atoms with Gasteiger partial charge in [-0.1, -0.05) is 0 Å². The van der Waals surface area contributed by atoms with E-state index >= 15 is 0 Å². The summed E-state index contributed by atoms with van der Waals surface area (Å²) in [5.41, 5.74) is -0.193. The van der Waals surface area contributed by atoms with E-state index in [2.05, 4.69) is 10.6 Å². The van der Waals surface area contributed by atoms with Crippen LogP contribution in [0, 0.1) is 5.92 Å². The summed E-state index contributed by atoms with van der Waals surface area (Å²) in [5, 5.41) is 5.63. The number of hydrogen-bond acceptors (Lipinski definition) is 4. The summed E-state index contributed by atoms with van der Waals surface area (Å²) in [6.07, 6.45) is 1.39. The van der Waals surface area contributed by atoms with Crippen LogP contribution in [0.2, 0.25) is 0 Å². The number of rotatable bonds is 3.